The van der Waals surface area contributed by atoms with Crippen molar-refractivity contribution in [2.45, 2.75) is 10.4 Å². The van der Waals surface area contributed by atoms with Crippen molar-refractivity contribution >= 4 is 23.6 Å². The lowest BCUT2D eigenvalue weighted by Crippen LogP contribution is -2.39. The number of hydrogen-bond acceptors (Lipinski definition) is 4. The van der Waals surface area contributed by atoms with Crippen molar-refractivity contribution in [3.05, 3.63) is 90.0 Å². The van der Waals surface area contributed by atoms with Gasteiger partial charge >= 0.3 is 0 Å². The Kier molecular flexibility index (Phi) is 4.46. The van der Waals surface area contributed by atoms with Gasteiger partial charge in [-0.25, -0.2) is 4.99 Å². The summed E-state index contributed by atoms with van der Waals surface area (Å²) in [5, 5.41) is 2.67. The zero-order valence-electron chi connectivity index (χ0n) is 14.8. The maximum atomic E-state index is 12.9. The first-order valence-electron chi connectivity index (χ1n) is 8.61. The molecule has 1 unspecified atom stereocenters. The van der Waals surface area contributed by atoms with E-state index in [1.165, 1.54) is 4.90 Å². The highest BCUT2D eigenvalue weighted by Crippen LogP contribution is 2.38. The van der Waals surface area contributed by atoms with Gasteiger partial charge in [0.1, 0.15) is 0 Å². The molecule has 0 saturated heterocycles. The van der Waals surface area contributed by atoms with Gasteiger partial charge in [0.2, 0.25) is 0 Å². The third-order valence-electron chi connectivity index (χ3n) is 4.73. The summed E-state index contributed by atoms with van der Waals surface area (Å²) in [5.74, 6) is -0.0974. The number of aliphatic imine (C=N–C) groups is 1. The summed E-state index contributed by atoms with van der Waals surface area (Å²) in [6, 6.07) is 25.8. The number of nitrogens with two attached hydrogens (primary N) is 1. The Labute approximate surface area is 162 Å². The largest absolute Gasteiger partial charge is 0.370 e. The standard InChI is InChI=1S/C22H19N3OS/c1-27-19-12-6-8-16(14-19)15-7-5-11-18(13-15)22(17-9-3-2-4-10-17)20(26)24-21(23)25-22/h2-14H,1H3,(H3,23,24,25,26). The van der Waals surface area contributed by atoms with Crippen LogP contribution in [0, 0.1) is 0 Å². The molecule has 1 amide bonds. The van der Waals surface area contributed by atoms with E-state index in [-0.39, 0.29) is 11.9 Å². The highest BCUT2D eigenvalue weighted by atomic mass is 32.2. The fourth-order valence-corrected chi connectivity index (χ4v) is 3.89. The minimum absolute atomic E-state index is 0.138. The topological polar surface area (TPSA) is 67.5 Å². The molecular formula is C22H19N3OS. The summed E-state index contributed by atoms with van der Waals surface area (Å²) in [5.41, 5.74) is 8.42. The summed E-state index contributed by atoms with van der Waals surface area (Å²) in [6.45, 7) is 0. The molecule has 0 saturated carbocycles. The van der Waals surface area contributed by atoms with Gasteiger partial charge in [-0.3, -0.25) is 10.1 Å². The predicted octanol–water partition coefficient (Wildman–Crippen LogP) is 3.76. The quantitative estimate of drug-likeness (QED) is 0.684. The van der Waals surface area contributed by atoms with Crippen LogP contribution in [0.15, 0.2) is 88.8 Å². The molecule has 0 aliphatic carbocycles. The van der Waals surface area contributed by atoms with Crippen LogP contribution >= 0.6 is 11.8 Å². The summed E-state index contributed by atoms with van der Waals surface area (Å²) >= 11 is 1.70. The molecule has 4 nitrogen and oxygen atoms in total. The van der Waals surface area contributed by atoms with Gasteiger partial charge in [-0.1, -0.05) is 60.7 Å². The van der Waals surface area contributed by atoms with Gasteiger partial charge < -0.3 is 5.73 Å². The van der Waals surface area contributed by atoms with Gasteiger partial charge in [0, 0.05) is 4.90 Å². The number of hydrogen-bond donors (Lipinski definition) is 2. The normalized spacial score (nSPS) is 18.9. The third kappa shape index (κ3) is 3.00. The monoisotopic (exact) mass is 373 g/mol. The predicted molar refractivity (Wildman–Crippen MR) is 111 cm³/mol. The maximum absolute atomic E-state index is 12.9. The van der Waals surface area contributed by atoms with E-state index in [1.807, 2.05) is 60.7 Å². The Morgan fingerprint density at radius 2 is 1.56 bits per heavy atom. The van der Waals surface area contributed by atoms with Crippen molar-refractivity contribution in [2.75, 3.05) is 6.26 Å². The van der Waals surface area contributed by atoms with Crippen LogP contribution in [0.25, 0.3) is 11.1 Å². The van der Waals surface area contributed by atoms with E-state index in [1.54, 1.807) is 11.8 Å². The second-order valence-electron chi connectivity index (χ2n) is 6.34. The number of amides is 1. The molecule has 1 atom stereocenters. The van der Waals surface area contributed by atoms with Crippen LogP contribution in [0.3, 0.4) is 0 Å². The summed E-state index contributed by atoms with van der Waals surface area (Å²) < 4.78 is 0. The molecule has 1 aliphatic rings. The molecular weight excluding hydrogens is 354 g/mol. The van der Waals surface area contributed by atoms with Crippen molar-refractivity contribution in [3.63, 3.8) is 0 Å². The van der Waals surface area contributed by atoms with Crippen LogP contribution in [0.5, 0.6) is 0 Å². The summed E-state index contributed by atoms with van der Waals surface area (Å²) in [4.78, 5) is 18.7. The smallest absolute Gasteiger partial charge is 0.263 e. The molecule has 3 N–H and O–H groups in total. The van der Waals surface area contributed by atoms with E-state index in [0.29, 0.717) is 0 Å². The molecule has 1 heterocycles. The van der Waals surface area contributed by atoms with Crippen molar-refractivity contribution in [1.82, 2.24) is 5.32 Å². The van der Waals surface area contributed by atoms with Crippen molar-refractivity contribution < 1.29 is 4.79 Å². The number of carbonyl (C=O) groups is 1. The molecule has 0 spiro atoms. The Bertz CT molecular complexity index is 1030. The van der Waals surface area contributed by atoms with Gasteiger partial charge in [-0.05, 0) is 46.7 Å². The minimum Gasteiger partial charge on any atom is -0.370 e. The van der Waals surface area contributed by atoms with Crippen LogP contribution in [0.4, 0.5) is 0 Å². The van der Waals surface area contributed by atoms with Crippen molar-refractivity contribution in [2.24, 2.45) is 10.7 Å². The van der Waals surface area contributed by atoms with Crippen LogP contribution in [-0.4, -0.2) is 18.1 Å². The summed E-state index contributed by atoms with van der Waals surface area (Å²) in [7, 11) is 0. The number of rotatable bonds is 4. The third-order valence-corrected chi connectivity index (χ3v) is 5.46. The van der Waals surface area contributed by atoms with E-state index in [2.05, 4.69) is 34.8 Å². The Morgan fingerprint density at radius 3 is 2.22 bits per heavy atom. The Hall–Kier alpha value is -3.05. The maximum Gasteiger partial charge on any atom is 0.263 e. The second-order valence-corrected chi connectivity index (χ2v) is 7.22. The Balaban J connectivity index is 1.89. The lowest BCUT2D eigenvalue weighted by atomic mass is 9.82. The molecule has 0 radical (unpaired) electrons. The minimum atomic E-state index is -1.17. The van der Waals surface area contributed by atoms with E-state index >= 15 is 0 Å². The molecule has 27 heavy (non-hydrogen) atoms. The van der Waals surface area contributed by atoms with Gasteiger partial charge in [0.05, 0.1) is 0 Å². The van der Waals surface area contributed by atoms with Gasteiger partial charge in [-0.15, -0.1) is 11.8 Å². The van der Waals surface area contributed by atoms with Crippen LogP contribution in [0.2, 0.25) is 0 Å². The lowest BCUT2D eigenvalue weighted by Gasteiger charge is -2.25. The van der Waals surface area contributed by atoms with Crippen LogP contribution in [0.1, 0.15) is 11.1 Å². The number of carbonyl (C=O) groups excluding carboxylic acids is 1. The average molecular weight is 373 g/mol. The molecule has 0 aromatic heterocycles. The number of nitrogens with zero attached hydrogens (tertiary/aromatic N) is 1. The van der Waals surface area contributed by atoms with E-state index in [4.69, 9.17) is 5.73 Å². The molecule has 3 aromatic rings. The van der Waals surface area contributed by atoms with Crippen molar-refractivity contribution in [3.8, 4) is 11.1 Å². The number of benzene rings is 3. The second kappa shape index (κ2) is 6.93. The number of nitrogens with one attached hydrogen (secondary N) is 1. The molecule has 3 aromatic carbocycles. The zero-order chi connectivity index (χ0) is 18.9. The molecule has 4 rings (SSSR count). The van der Waals surface area contributed by atoms with Gasteiger partial charge in [0.15, 0.2) is 11.5 Å². The zero-order valence-corrected chi connectivity index (χ0v) is 15.7. The van der Waals surface area contributed by atoms with E-state index < -0.39 is 5.54 Å². The fourth-order valence-electron chi connectivity index (χ4n) is 3.43. The van der Waals surface area contributed by atoms with Crippen LogP contribution in [-0.2, 0) is 10.3 Å². The SMILES string of the molecule is CSc1cccc(-c2cccc(C3(c4ccccc4)N=C(N)NC3=O)c2)c1. The average Bonchev–Trinajstić information content (AvgIpc) is 3.03. The van der Waals surface area contributed by atoms with Gasteiger partial charge in [-0.2, -0.15) is 0 Å². The summed E-state index contributed by atoms with van der Waals surface area (Å²) in [6.07, 6.45) is 2.06. The first-order chi connectivity index (χ1) is 13.1. The number of guanidine groups is 1. The van der Waals surface area contributed by atoms with Crippen LogP contribution < -0.4 is 11.1 Å². The number of thioether (sulfide) groups is 1. The molecule has 0 bridgehead atoms. The fraction of sp³-hybridized carbons (Fsp3) is 0.0909. The van der Waals surface area contributed by atoms with Crippen molar-refractivity contribution in [1.29, 1.82) is 0 Å². The Morgan fingerprint density at radius 1 is 0.889 bits per heavy atom. The molecule has 134 valence electrons. The molecule has 1 aliphatic heterocycles. The van der Waals surface area contributed by atoms with E-state index in [9.17, 15) is 4.79 Å². The highest BCUT2D eigenvalue weighted by Gasteiger charge is 2.46. The first-order valence-corrected chi connectivity index (χ1v) is 9.83. The van der Waals surface area contributed by atoms with E-state index in [0.717, 1.165) is 22.3 Å². The molecule has 5 heteroatoms. The highest BCUT2D eigenvalue weighted by molar-refractivity contribution is 7.98. The lowest BCUT2D eigenvalue weighted by molar-refractivity contribution is -0.122. The molecule has 0 fully saturated rings. The van der Waals surface area contributed by atoms with Gasteiger partial charge in [0.25, 0.3) is 5.91 Å². The first kappa shape index (κ1) is 17.4.